The maximum absolute atomic E-state index is 12.4. The number of carboxylic acids is 1. The van der Waals surface area contributed by atoms with Crippen LogP contribution in [0, 0.1) is 0 Å². The van der Waals surface area contributed by atoms with Crippen molar-refractivity contribution < 1.29 is 29.0 Å². The van der Waals surface area contributed by atoms with Gasteiger partial charge in [-0.3, -0.25) is 4.79 Å². The molecule has 3 aromatic carbocycles. The highest BCUT2D eigenvalue weighted by Crippen LogP contribution is 2.44. The number of nitrogens with one attached hydrogen (secondary N) is 2. The summed E-state index contributed by atoms with van der Waals surface area (Å²) in [6, 6.07) is 22.1. The van der Waals surface area contributed by atoms with Crippen LogP contribution in [0.4, 0.5) is 10.5 Å². The molecule has 35 heavy (non-hydrogen) atoms. The molecule has 0 unspecified atom stereocenters. The number of hydrogen-bond donors (Lipinski definition) is 3. The molecule has 0 spiro atoms. The molecule has 0 aromatic heterocycles. The molecule has 0 saturated carbocycles. The van der Waals surface area contributed by atoms with Crippen molar-refractivity contribution in [2.24, 2.45) is 0 Å². The predicted molar refractivity (Wildman–Crippen MR) is 130 cm³/mol. The van der Waals surface area contributed by atoms with E-state index < -0.39 is 24.7 Å². The summed E-state index contributed by atoms with van der Waals surface area (Å²) in [4.78, 5) is 35.3. The third kappa shape index (κ3) is 5.97. The Morgan fingerprint density at radius 1 is 0.914 bits per heavy atom. The van der Waals surface area contributed by atoms with E-state index in [9.17, 15) is 14.4 Å². The molecule has 180 valence electrons. The number of benzene rings is 3. The Bertz CT molecular complexity index is 1180. The Hall–Kier alpha value is -4.33. The van der Waals surface area contributed by atoms with Crippen molar-refractivity contribution in [3.63, 3.8) is 0 Å². The number of ether oxygens (including phenoxy) is 2. The largest absolute Gasteiger partial charge is 0.482 e. The van der Waals surface area contributed by atoms with E-state index >= 15 is 0 Å². The molecule has 0 heterocycles. The molecule has 0 aliphatic heterocycles. The molecule has 0 radical (unpaired) electrons. The Morgan fingerprint density at radius 3 is 2.11 bits per heavy atom. The highest BCUT2D eigenvalue weighted by Gasteiger charge is 2.29. The van der Waals surface area contributed by atoms with Gasteiger partial charge < -0.3 is 25.2 Å². The minimum Gasteiger partial charge on any atom is -0.482 e. The van der Waals surface area contributed by atoms with Crippen LogP contribution in [-0.4, -0.2) is 42.3 Å². The lowest BCUT2D eigenvalue weighted by molar-refractivity contribution is -0.139. The first-order chi connectivity index (χ1) is 16.9. The molecule has 3 aromatic rings. The number of amides is 2. The Kier molecular flexibility index (Phi) is 7.30. The van der Waals surface area contributed by atoms with Crippen molar-refractivity contribution in [3.05, 3.63) is 83.9 Å². The lowest BCUT2D eigenvalue weighted by Gasteiger charge is -2.17. The fourth-order valence-corrected chi connectivity index (χ4v) is 4.16. The van der Waals surface area contributed by atoms with Gasteiger partial charge in [0.2, 0.25) is 5.91 Å². The first-order valence-corrected chi connectivity index (χ1v) is 11.3. The highest BCUT2D eigenvalue weighted by atomic mass is 16.5. The molecule has 0 saturated heterocycles. The number of carbonyl (C=O) groups is 3. The summed E-state index contributed by atoms with van der Waals surface area (Å²) in [6.45, 7) is 1.49. The van der Waals surface area contributed by atoms with Gasteiger partial charge in [-0.15, -0.1) is 0 Å². The molecule has 1 aliphatic rings. The van der Waals surface area contributed by atoms with Gasteiger partial charge in [0.15, 0.2) is 6.61 Å². The van der Waals surface area contributed by atoms with Crippen LogP contribution in [-0.2, 0) is 14.3 Å². The van der Waals surface area contributed by atoms with E-state index in [1.807, 2.05) is 24.3 Å². The number of hydrogen-bond acceptors (Lipinski definition) is 5. The average molecular weight is 475 g/mol. The van der Waals surface area contributed by atoms with Crippen LogP contribution < -0.4 is 15.4 Å². The summed E-state index contributed by atoms with van der Waals surface area (Å²) in [6.07, 6.45) is -0.520. The number of fused-ring (bicyclic) bond motifs is 3. The van der Waals surface area contributed by atoms with Gasteiger partial charge in [0.25, 0.3) is 0 Å². The van der Waals surface area contributed by atoms with E-state index in [0.717, 1.165) is 22.3 Å². The Morgan fingerprint density at radius 2 is 1.51 bits per heavy atom. The highest BCUT2D eigenvalue weighted by molar-refractivity contribution is 5.91. The van der Waals surface area contributed by atoms with Crippen LogP contribution in [0.3, 0.4) is 0 Å². The van der Waals surface area contributed by atoms with Crippen molar-refractivity contribution in [1.29, 1.82) is 0 Å². The number of alkyl carbamates (subject to hydrolysis) is 1. The predicted octanol–water partition coefficient (Wildman–Crippen LogP) is 4.41. The maximum Gasteiger partial charge on any atom is 0.407 e. The van der Waals surface area contributed by atoms with Gasteiger partial charge in [-0.25, -0.2) is 9.59 Å². The summed E-state index contributed by atoms with van der Waals surface area (Å²) in [5, 5.41) is 14.1. The molecular formula is C27H26N2O6. The van der Waals surface area contributed by atoms with Crippen LogP contribution >= 0.6 is 0 Å². The second-order valence-corrected chi connectivity index (χ2v) is 8.33. The smallest absolute Gasteiger partial charge is 0.407 e. The Balaban J connectivity index is 1.25. The Labute approximate surface area is 202 Å². The van der Waals surface area contributed by atoms with Crippen molar-refractivity contribution in [2.75, 3.05) is 18.5 Å². The molecule has 0 bridgehead atoms. The minimum absolute atomic E-state index is 0.0331. The number of aliphatic carboxylic acids is 1. The van der Waals surface area contributed by atoms with Gasteiger partial charge in [-0.1, -0.05) is 48.5 Å². The standard InChI is InChI=1S/C27H26N2O6/c1-17(14-25(30)29-18-10-12-19(13-11-18)34-16-26(31)32)28-27(33)35-15-24-22-8-4-2-6-20(22)21-7-3-5-9-23(21)24/h2-13,17,24H,14-16H2,1H3,(H,28,33)(H,29,30)(H,31,32)/t17-/m1/s1. The SMILES string of the molecule is C[C@H](CC(=O)Nc1ccc(OCC(=O)O)cc1)NC(=O)OCC1c2ccccc2-c2ccccc21. The number of carboxylic acid groups (broad SMARTS) is 1. The molecule has 1 atom stereocenters. The average Bonchev–Trinajstić information content (AvgIpc) is 3.16. The third-order valence-electron chi connectivity index (χ3n) is 5.70. The molecule has 2 amide bonds. The normalized spacial score (nSPS) is 12.7. The van der Waals surface area contributed by atoms with E-state index in [1.165, 1.54) is 0 Å². The summed E-state index contributed by atoms with van der Waals surface area (Å²) in [7, 11) is 0. The van der Waals surface area contributed by atoms with Gasteiger partial charge in [-0.05, 0) is 53.4 Å². The third-order valence-corrected chi connectivity index (χ3v) is 5.70. The van der Waals surface area contributed by atoms with Gasteiger partial charge in [0.05, 0.1) is 0 Å². The molecule has 1 aliphatic carbocycles. The molecule has 8 nitrogen and oxygen atoms in total. The summed E-state index contributed by atoms with van der Waals surface area (Å²) in [5.74, 6) is -0.999. The van der Waals surface area contributed by atoms with Gasteiger partial charge in [0.1, 0.15) is 12.4 Å². The summed E-state index contributed by atoms with van der Waals surface area (Å²) >= 11 is 0. The van der Waals surface area contributed by atoms with Crippen molar-refractivity contribution in [2.45, 2.75) is 25.3 Å². The quantitative estimate of drug-likeness (QED) is 0.423. The summed E-state index contributed by atoms with van der Waals surface area (Å²) < 4.78 is 10.6. The number of carbonyl (C=O) groups excluding carboxylic acids is 2. The first-order valence-electron chi connectivity index (χ1n) is 11.3. The van der Waals surface area contributed by atoms with Crippen molar-refractivity contribution >= 4 is 23.7 Å². The van der Waals surface area contributed by atoms with E-state index in [1.54, 1.807) is 31.2 Å². The van der Waals surface area contributed by atoms with Gasteiger partial charge >= 0.3 is 12.1 Å². The van der Waals surface area contributed by atoms with Crippen LogP contribution in [0.2, 0.25) is 0 Å². The zero-order valence-corrected chi connectivity index (χ0v) is 19.2. The van der Waals surface area contributed by atoms with E-state index in [0.29, 0.717) is 11.4 Å². The van der Waals surface area contributed by atoms with Crippen molar-refractivity contribution in [1.82, 2.24) is 5.32 Å². The minimum atomic E-state index is -1.07. The second kappa shape index (κ2) is 10.7. The molecule has 0 fully saturated rings. The second-order valence-electron chi connectivity index (χ2n) is 8.33. The van der Waals surface area contributed by atoms with Gasteiger partial charge in [-0.2, -0.15) is 0 Å². The molecular weight excluding hydrogens is 448 g/mol. The topological polar surface area (TPSA) is 114 Å². The zero-order chi connectivity index (χ0) is 24.8. The summed E-state index contributed by atoms with van der Waals surface area (Å²) in [5.41, 5.74) is 5.11. The zero-order valence-electron chi connectivity index (χ0n) is 19.2. The van der Waals surface area contributed by atoms with E-state index in [-0.39, 0.29) is 24.9 Å². The maximum atomic E-state index is 12.4. The fourth-order valence-electron chi connectivity index (χ4n) is 4.16. The van der Waals surface area contributed by atoms with Crippen LogP contribution in [0.5, 0.6) is 5.75 Å². The molecule has 4 rings (SSSR count). The molecule has 3 N–H and O–H groups in total. The van der Waals surface area contributed by atoms with Crippen LogP contribution in [0.15, 0.2) is 72.8 Å². The van der Waals surface area contributed by atoms with Crippen LogP contribution in [0.25, 0.3) is 11.1 Å². The van der Waals surface area contributed by atoms with Crippen molar-refractivity contribution in [3.8, 4) is 16.9 Å². The van der Waals surface area contributed by atoms with E-state index in [4.69, 9.17) is 14.6 Å². The first kappa shape index (κ1) is 23.8. The van der Waals surface area contributed by atoms with E-state index in [2.05, 4.69) is 34.9 Å². The number of anilines is 1. The van der Waals surface area contributed by atoms with Gasteiger partial charge in [0, 0.05) is 24.1 Å². The molecule has 8 heteroatoms. The monoisotopic (exact) mass is 474 g/mol. The number of rotatable bonds is 9. The fraction of sp³-hybridized carbons (Fsp3) is 0.222. The lowest BCUT2D eigenvalue weighted by atomic mass is 9.98. The van der Waals surface area contributed by atoms with Crippen LogP contribution in [0.1, 0.15) is 30.4 Å². The lowest BCUT2D eigenvalue weighted by Crippen LogP contribution is -2.36.